The molecule has 0 aliphatic rings. The number of aryl methyl sites for hydroxylation is 2. The number of unbranched alkanes of at least 4 members (excludes halogenated alkanes) is 1. The molecular weight excluding hydrogens is 594 g/mol. The van der Waals surface area contributed by atoms with Crippen LogP contribution in [0.1, 0.15) is 69.2 Å². The van der Waals surface area contributed by atoms with E-state index in [1.807, 2.05) is 6.07 Å². The summed E-state index contributed by atoms with van der Waals surface area (Å²) in [5.74, 6) is -1.99. The van der Waals surface area contributed by atoms with Crippen LogP contribution in [-0.2, 0) is 36.9 Å². The SMILES string of the molecule is Cc1cc(O)cc(C)c1C[C@@H](NC(=O)OCc1ccccc1)C(=O)N[C@@H](CCCCNC(=O)OC(C)(C)C)C(=O)N[C@@H](C)C(N)=O. The minimum Gasteiger partial charge on any atom is -0.508 e. The molecule has 5 amide bonds. The molecule has 46 heavy (non-hydrogen) atoms. The number of ether oxygens (including phenoxy) is 2. The number of hydrogen-bond acceptors (Lipinski definition) is 8. The first-order valence-electron chi connectivity index (χ1n) is 15.2. The maximum absolute atomic E-state index is 13.7. The number of phenolic OH excluding ortho intramolecular Hbond substituents is 1. The average Bonchev–Trinajstić information content (AvgIpc) is 2.95. The Hall–Kier alpha value is -4.81. The number of hydrogen-bond donors (Lipinski definition) is 6. The molecule has 0 radical (unpaired) electrons. The number of nitrogens with one attached hydrogen (secondary N) is 4. The maximum Gasteiger partial charge on any atom is 0.408 e. The van der Waals surface area contributed by atoms with Crippen LogP contribution in [0.2, 0.25) is 0 Å². The Balaban J connectivity index is 2.20. The Kier molecular flexibility index (Phi) is 14.3. The predicted molar refractivity (Wildman–Crippen MR) is 172 cm³/mol. The molecule has 2 aromatic carbocycles. The molecule has 3 atom stereocenters. The molecule has 13 nitrogen and oxygen atoms in total. The van der Waals surface area contributed by atoms with Crippen molar-refractivity contribution in [3.8, 4) is 5.75 Å². The van der Waals surface area contributed by atoms with Crippen molar-refractivity contribution in [2.24, 2.45) is 5.73 Å². The van der Waals surface area contributed by atoms with Crippen LogP contribution in [0.25, 0.3) is 0 Å². The molecule has 0 saturated heterocycles. The third-order valence-corrected chi connectivity index (χ3v) is 6.92. The minimum atomic E-state index is -1.16. The van der Waals surface area contributed by atoms with Crippen molar-refractivity contribution in [1.29, 1.82) is 0 Å². The van der Waals surface area contributed by atoms with Gasteiger partial charge >= 0.3 is 12.2 Å². The number of nitrogens with two attached hydrogens (primary N) is 1. The summed E-state index contributed by atoms with van der Waals surface area (Å²) in [6.45, 7) is 10.5. The lowest BCUT2D eigenvalue weighted by atomic mass is 9.95. The van der Waals surface area contributed by atoms with Gasteiger partial charge in [0.25, 0.3) is 0 Å². The molecular formula is C33H47N5O8. The highest BCUT2D eigenvalue weighted by Crippen LogP contribution is 2.22. The van der Waals surface area contributed by atoms with Crippen LogP contribution in [-0.4, -0.2) is 65.3 Å². The van der Waals surface area contributed by atoms with E-state index in [1.54, 1.807) is 71.0 Å². The van der Waals surface area contributed by atoms with Gasteiger partial charge in [-0.2, -0.15) is 0 Å². The van der Waals surface area contributed by atoms with Crippen molar-refractivity contribution >= 4 is 29.9 Å². The van der Waals surface area contributed by atoms with Gasteiger partial charge in [-0.15, -0.1) is 0 Å². The molecule has 0 bridgehead atoms. The number of benzene rings is 2. The first kappa shape index (κ1) is 37.4. The van der Waals surface area contributed by atoms with Gasteiger partial charge in [0, 0.05) is 13.0 Å². The molecule has 2 aromatic rings. The van der Waals surface area contributed by atoms with Gasteiger partial charge in [0.05, 0.1) is 0 Å². The number of alkyl carbamates (subject to hydrolysis) is 2. The molecule has 2 rings (SSSR count). The van der Waals surface area contributed by atoms with E-state index in [0.717, 1.165) is 11.1 Å². The van der Waals surface area contributed by atoms with E-state index in [2.05, 4.69) is 21.3 Å². The zero-order chi connectivity index (χ0) is 34.4. The van der Waals surface area contributed by atoms with Gasteiger partial charge in [0.1, 0.15) is 36.1 Å². The molecule has 0 aromatic heterocycles. The Morgan fingerprint density at radius 2 is 1.48 bits per heavy atom. The van der Waals surface area contributed by atoms with E-state index in [-0.39, 0.29) is 31.7 Å². The largest absolute Gasteiger partial charge is 0.508 e. The maximum atomic E-state index is 13.7. The topological polar surface area (TPSA) is 198 Å². The van der Waals surface area contributed by atoms with Crippen molar-refractivity contribution in [2.45, 2.75) is 97.6 Å². The number of rotatable bonds is 15. The first-order valence-corrected chi connectivity index (χ1v) is 15.2. The summed E-state index contributed by atoms with van der Waals surface area (Å²) in [7, 11) is 0. The van der Waals surface area contributed by atoms with Crippen molar-refractivity contribution in [3.05, 3.63) is 64.7 Å². The number of carbonyl (C=O) groups is 5. The fraction of sp³-hybridized carbons (Fsp3) is 0.485. The Morgan fingerprint density at radius 1 is 0.870 bits per heavy atom. The van der Waals surface area contributed by atoms with E-state index < -0.39 is 53.6 Å². The van der Waals surface area contributed by atoms with Crippen LogP contribution < -0.4 is 27.0 Å². The van der Waals surface area contributed by atoms with E-state index in [4.69, 9.17) is 15.2 Å². The van der Waals surface area contributed by atoms with E-state index in [9.17, 15) is 29.1 Å². The van der Waals surface area contributed by atoms with Gasteiger partial charge in [-0.25, -0.2) is 9.59 Å². The lowest BCUT2D eigenvalue weighted by Gasteiger charge is -2.25. The smallest absolute Gasteiger partial charge is 0.408 e. The van der Waals surface area contributed by atoms with Crippen LogP contribution >= 0.6 is 0 Å². The third-order valence-electron chi connectivity index (χ3n) is 6.92. The summed E-state index contributed by atoms with van der Waals surface area (Å²) in [6, 6.07) is 8.88. The Bertz CT molecular complexity index is 1340. The molecule has 7 N–H and O–H groups in total. The molecule has 0 fully saturated rings. The van der Waals surface area contributed by atoms with Gasteiger partial charge in [0.15, 0.2) is 0 Å². The van der Waals surface area contributed by atoms with Crippen molar-refractivity contribution in [3.63, 3.8) is 0 Å². The van der Waals surface area contributed by atoms with Crippen molar-refractivity contribution in [2.75, 3.05) is 6.54 Å². The summed E-state index contributed by atoms with van der Waals surface area (Å²) in [6.07, 6.45) is -0.346. The second-order valence-corrected chi connectivity index (χ2v) is 12.1. The molecule has 13 heteroatoms. The molecule has 0 spiro atoms. The average molecular weight is 642 g/mol. The van der Waals surface area contributed by atoms with Crippen LogP contribution in [0.3, 0.4) is 0 Å². The van der Waals surface area contributed by atoms with Gasteiger partial charge < -0.3 is 41.6 Å². The summed E-state index contributed by atoms with van der Waals surface area (Å²) >= 11 is 0. The zero-order valence-corrected chi connectivity index (χ0v) is 27.4. The van der Waals surface area contributed by atoms with Gasteiger partial charge in [-0.3, -0.25) is 14.4 Å². The monoisotopic (exact) mass is 641 g/mol. The normalized spacial score (nSPS) is 13.0. The molecule has 0 heterocycles. The van der Waals surface area contributed by atoms with Crippen LogP contribution in [0, 0.1) is 13.8 Å². The lowest BCUT2D eigenvalue weighted by Crippen LogP contribution is -2.56. The van der Waals surface area contributed by atoms with Gasteiger partial charge in [-0.05, 0) is 95.2 Å². The minimum absolute atomic E-state index is 0.0222. The second-order valence-electron chi connectivity index (χ2n) is 12.1. The molecule has 0 unspecified atom stereocenters. The van der Waals surface area contributed by atoms with Crippen LogP contribution in [0.4, 0.5) is 9.59 Å². The summed E-state index contributed by atoms with van der Waals surface area (Å²) in [5.41, 5.74) is 7.56. The first-order chi connectivity index (χ1) is 21.6. The van der Waals surface area contributed by atoms with Crippen molar-refractivity contribution < 1.29 is 38.6 Å². The standard InChI is InChI=1S/C33H47N5O8/c1-20-16-24(39)17-21(2)25(20)18-27(38-32(44)45-19-23-12-8-7-9-13-23)30(42)37-26(29(41)36-22(3)28(34)40)14-10-11-15-35-31(43)46-33(4,5)6/h7-9,12-13,16-17,22,26-27,39H,10-11,14-15,18-19H2,1-6H3,(H2,34,40)(H,35,43)(H,36,41)(H,37,42)(H,38,44)/t22-,26-,27+/m0/s1. The van der Waals surface area contributed by atoms with Crippen molar-refractivity contribution in [1.82, 2.24) is 21.3 Å². The predicted octanol–water partition coefficient (Wildman–Crippen LogP) is 3.02. The van der Waals surface area contributed by atoms with Crippen LogP contribution in [0.15, 0.2) is 42.5 Å². The number of primary amides is 1. The molecule has 0 saturated carbocycles. The molecule has 0 aliphatic heterocycles. The highest BCUT2D eigenvalue weighted by Gasteiger charge is 2.29. The summed E-state index contributed by atoms with van der Waals surface area (Å²) < 4.78 is 10.6. The van der Waals surface area contributed by atoms with Gasteiger partial charge in [-0.1, -0.05) is 30.3 Å². The third kappa shape index (κ3) is 13.4. The lowest BCUT2D eigenvalue weighted by molar-refractivity contribution is -0.132. The number of phenols is 1. The summed E-state index contributed by atoms with van der Waals surface area (Å²) in [4.78, 5) is 63.3. The quantitative estimate of drug-likeness (QED) is 0.160. The molecule has 252 valence electrons. The second kappa shape index (κ2) is 17.6. The van der Waals surface area contributed by atoms with Crippen LogP contribution in [0.5, 0.6) is 5.75 Å². The van der Waals surface area contributed by atoms with E-state index >= 15 is 0 Å². The Morgan fingerprint density at radius 3 is 2.07 bits per heavy atom. The van der Waals surface area contributed by atoms with E-state index in [0.29, 0.717) is 24.0 Å². The van der Waals surface area contributed by atoms with Gasteiger partial charge in [0.2, 0.25) is 17.7 Å². The Labute approximate surface area is 270 Å². The highest BCUT2D eigenvalue weighted by molar-refractivity contribution is 5.93. The zero-order valence-electron chi connectivity index (χ0n) is 27.4. The highest BCUT2D eigenvalue weighted by atomic mass is 16.6. The molecule has 0 aliphatic carbocycles. The summed E-state index contributed by atoms with van der Waals surface area (Å²) in [5, 5.41) is 20.5. The number of aromatic hydroxyl groups is 1. The fourth-order valence-electron chi connectivity index (χ4n) is 4.52. The number of amides is 5. The van der Waals surface area contributed by atoms with E-state index in [1.165, 1.54) is 6.92 Å². The number of carbonyl (C=O) groups excluding carboxylic acids is 5. The fourth-order valence-corrected chi connectivity index (χ4v) is 4.52.